The van der Waals surface area contributed by atoms with Crippen LogP contribution in [-0.4, -0.2) is 23.4 Å². The van der Waals surface area contributed by atoms with E-state index in [-0.39, 0.29) is 11.5 Å². The van der Waals surface area contributed by atoms with Crippen molar-refractivity contribution in [1.29, 1.82) is 0 Å². The van der Waals surface area contributed by atoms with Crippen LogP contribution in [0.3, 0.4) is 0 Å². The van der Waals surface area contributed by atoms with Crippen LogP contribution in [-0.2, 0) is 6.42 Å². The van der Waals surface area contributed by atoms with Crippen molar-refractivity contribution in [2.45, 2.75) is 57.5 Å². The van der Waals surface area contributed by atoms with Crippen LogP contribution in [0.1, 0.15) is 56.1 Å². The van der Waals surface area contributed by atoms with Crippen molar-refractivity contribution >= 4 is 0 Å². The van der Waals surface area contributed by atoms with Gasteiger partial charge in [0.25, 0.3) is 0 Å². The molecule has 22 heavy (non-hydrogen) atoms. The van der Waals surface area contributed by atoms with Crippen molar-refractivity contribution in [2.24, 2.45) is 17.3 Å². The molecule has 2 saturated carbocycles. The van der Waals surface area contributed by atoms with Crippen molar-refractivity contribution in [3.8, 4) is 11.5 Å². The van der Waals surface area contributed by atoms with E-state index < -0.39 is 0 Å². The monoisotopic (exact) mass is 302 g/mol. The lowest BCUT2D eigenvalue weighted by Crippen LogP contribution is -2.44. The van der Waals surface area contributed by atoms with Gasteiger partial charge < -0.3 is 14.9 Å². The summed E-state index contributed by atoms with van der Waals surface area (Å²) in [6.45, 7) is 2.30. The number of benzene rings is 1. The van der Waals surface area contributed by atoms with Gasteiger partial charge in [-0.1, -0.05) is 6.92 Å². The minimum atomic E-state index is -0.124. The fraction of sp³-hybridized carbons (Fsp3) is 0.684. The van der Waals surface area contributed by atoms with Gasteiger partial charge in [0.2, 0.25) is 0 Å². The molecule has 0 bridgehead atoms. The van der Waals surface area contributed by atoms with Crippen LogP contribution in [0.5, 0.6) is 11.5 Å². The third-order valence-electron chi connectivity index (χ3n) is 6.94. The van der Waals surface area contributed by atoms with Gasteiger partial charge in [0, 0.05) is 11.6 Å². The molecule has 3 aliphatic rings. The first kappa shape index (κ1) is 14.4. The molecule has 0 spiro atoms. The molecule has 4 rings (SSSR count). The number of rotatable bonds is 1. The van der Waals surface area contributed by atoms with Gasteiger partial charge in [0.15, 0.2) is 0 Å². The molecule has 3 nitrogen and oxygen atoms in total. The zero-order valence-corrected chi connectivity index (χ0v) is 13.5. The molecule has 0 aliphatic heterocycles. The van der Waals surface area contributed by atoms with E-state index in [2.05, 4.69) is 6.92 Å². The lowest BCUT2D eigenvalue weighted by molar-refractivity contribution is -0.0229. The minimum absolute atomic E-state index is 0.114. The third-order valence-corrected chi connectivity index (χ3v) is 6.94. The smallest absolute Gasteiger partial charge is 0.126 e. The van der Waals surface area contributed by atoms with E-state index in [1.54, 1.807) is 13.2 Å². The predicted molar refractivity (Wildman–Crippen MR) is 85.3 cm³/mol. The molecule has 120 valence electrons. The average Bonchev–Trinajstić information content (AvgIpc) is 2.81. The first-order chi connectivity index (χ1) is 10.5. The standard InChI is InChI=1S/C19H26O3/c1-19-8-7-14-13(15(19)5-6-17(19)21)4-3-11-9-12(20)10-16(22-2)18(11)14/h9-10,13-15,17,20-21H,3-8H2,1-2H3/t13-,14+,15+,17-,19+/m1/s1. The number of aliphatic hydroxyl groups is 1. The van der Waals surface area contributed by atoms with Gasteiger partial charge in [0.05, 0.1) is 13.2 Å². The van der Waals surface area contributed by atoms with E-state index >= 15 is 0 Å². The molecule has 0 amide bonds. The third kappa shape index (κ3) is 1.84. The fourth-order valence-corrected chi connectivity index (χ4v) is 5.81. The van der Waals surface area contributed by atoms with Crippen LogP contribution >= 0.6 is 0 Å². The summed E-state index contributed by atoms with van der Waals surface area (Å²) in [6, 6.07) is 3.68. The number of aryl methyl sites for hydroxylation is 1. The van der Waals surface area contributed by atoms with Gasteiger partial charge >= 0.3 is 0 Å². The lowest BCUT2D eigenvalue weighted by atomic mass is 9.55. The lowest BCUT2D eigenvalue weighted by Gasteiger charge is -2.50. The molecule has 0 saturated heterocycles. The minimum Gasteiger partial charge on any atom is -0.508 e. The Morgan fingerprint density at radius 2 is 2.00 bits per heavy atom. The first-order valence-corrected chi connectivity index (χ1v) is 8.62. The van der Waals surface area contributed by atoms with E-state index in [4.69, 9.17) is 4.74 Å². The summed E-state index contributed by atoms with van der Waals surface area (Å²) in [6.07, 6.45) is 6.42. The number of ether oxygens (including phenoxy) is 1. The highest BCUT2D eigenvalue weighted by molar-refractivity contribution is 5.50. The number of methoxy groups -OCH3 is 1. The second kappa shape index (κ2) is 4.89. The number of hydrogen-bond acceptors (Lipinski definition) is 3. The van der Waals surface area contributed by atoms with Crippen molar-refractivity contribution in [1.82, 2.24) is 0 Å². The molecular formula is C19H26O3. The first-order valence-electron chi connectivity index (χ1n) is 8.62. The number of aromatic hydroxyl groups is 1. The zero-order valence-electron chi connectivity index (χ0n) is 13.5. The number of hydrogen-bond donors (Lipinski definition) is 2. The summed E-state index contributed by atoms with van der Waals surface area (Å²) < 4.78 is 5.59. The van der Waals surface area contributed by atoms with E-state index in [0.29, 0.717) is 23.5 Å². The van der Waals surface area contributed by atoms with Gasteiger partial charge in [-0.05, 0) is 73.3 Å². The van der Waals surface area contributed by atoms with Crippen molar-refractivity contribution in [3.63, 3.8) is 0 Å². The average molecular weight is 302 g/mol. The van der Waals surface area contributed by atoms with Crippen molar-refractivity contribution < 1.29 is 14.9 Å². The van der Waals surface area contributed by atoms with Crippen molar-refractivity contribution in [2.75, 3.05) is 7.11 Å². The summed E-state index contributed by atoms with van der Waals surface area (Å²) in [4.78, 5) is 0. The van der Waals surface area contributed by atoms with Gasteiger partial charge in [-0.25, -0.2) is 0 Å². The number of fused-ring (bicyclic) bond motifs is 5. The Morgan fingerprint density at radius 1 is 1.18 bits per heavy atom. The van der Waals surface area contributed by atoms with Crippen LogP contribution in [0.15, 0.2) is 12.1 Å². The Bertz CT molecular complexity index is 579. The topological polar surface area (TPSA) is 49.7 Å². The van der Waals surface area contributed by atoms with Gasteiger partial charge in [0.1, 0.15) is 11.5 Å². The van der Waals surface area contributed by atoms with Crippen LogP contribution in [0.4, 0.5) is 0 Å². The summed E-state index contributed by atoms with van der Waals surface area (Å²) in [7, 11) is 1.70. The Morgan fingerprint density at radius 3 is 2.77 bits per heavy atom. The Labute approximate surface area is 132 Å². The molecule has 2 fully saturated rings. The molecule has 3 aliphatic carbocycles. The maximum Gasteiger partial charge on any atom is 0.126 e. The van der Waals surface area contributed by atoms with Crippen LogP contribution in [0.2, 0.25) is 0 Å². The molecule has 3 heteroatoms. The summed E-state index contributed by atoms with van der Waals surface area (Å²) in [5.74, 6) is 2.98. The molecule has 5 atom stereocenters. The molecule has 1 aromatic carbocycles. The highest BCUT2D eigenvalue weighted by Gasteiger charge is 2.54. The summed E-state index contributed by atoms with van der Waals surface area (Å²) in [5.41, 5.74) is 2.71. The predicted octanol–water partition coefficient (Wildman–Crippen LogP) is 3.62. The molecule has 1 aromatic rings. The molecule has 2 N–H and O–H groups in total. The SMILES string of the molecule is COc1cc(O)cc2c1[C@H]1CC[C@]3(C)[C@H](O)CC[C@H]3[C@@H]1CC2. The second-order valence-corrected chi connectivity index (χ2v) is 7.77. The van der Waals surface area contributed by atoms with Gasteiger partial charge in [-0.2, -0.15) is 0 Å². The Hall–Kier alpha value is -1.22. The van der Waals surface area contributed by atoms with E-state index in [9.17, 15) is 10.2 Å². The molecular weight excluding hydrogens is 276 g/mol. The van der Waals surface area contributed by atoms with Crippen LogP contribution in [0.25, 0.3) is 0 Å². The number of aliphatic hydroxyl groups excluding tert-OH is 1. The van der Waals surface area contributed by atoms with Crippen LogP contribution < -0.4 is 4.74 Å². The summed E-state index contributed by atoms with van der Waals surface area (Å²) in [5, 5.41) is 20.4. The van der Waals surface area contributed by atoms with E-state index in [1.165, 1.54) is 17.5 Å². The Kier molecular flexibility index (Phi) is 3.19. The largest absolute Gasteiger partial charge is 0.508 e. The summed E-state index contributed by atoms with van der Waals surface area (Å²) >= 11 is 0. The molecule has 0 aromatic heterocycles. The quantitative estimate of drug-likeness (QED) is 0.833. The van der Waals surface area contributed by atoms with Gasteiger partial charge in [-0.3, -0.25) is 0 Å². The van der Waals surface area contributed by atoms with E-state index in [1.807, 2.05) is 6.07 Å². The maximum atomic E-state index is 10.4. The maximum absolute atomic E-state index is 10.4. The molecule has 0 heterocycles. The van der Waals surface area contributed by atoms with Crippen LogP contribution in [0, 0.1) is 17.3 Å². The van der Waals surface area contributed by atoms with Crippen molar-refractivity contribution in [3.05, 3.63) is 23.3 Å². The molecule has 0 unspecified atom stereocenters. The highest BCUT2D eigenvalue weighted by atomic mass is 16.5. The fourth-order valence-electron chi connectivity index (χ4n) is 5.81. The highest BCUT2D eigenvalue weighted by Crippen LogP contribution is 2.61. The number of phenols is 1. The van der Waals surface area contributed by atoms with Gasteiger partial charge in [-0.15, -0.1) is 0 Å². The number of phenolic OH excluding ortho intramolecular Hbond substituents is 1. The Balaban J connectivity index is 1.76. The molecule has 0 radical (unpaired) electrons. The van der Waals surface area contributed by atoms with E-state index in [0.717, 1.165) is 37.9 Å². The second-order valence-electron chi connectivity index (χ2n) is 7.77. The zero-order chi connectivity index (χ0) is 15.5. The normalized spacial score (nSPS) is 39.8.